The van der Waals surface area contributed by atoms with E-state index in [9.17, 15) is 4.79 Å². The van der Waals surface area contributed by atoms with Gasteiger partial charge in [-0.05, 0) is 59.9 Å². The number of benzene rings is 1. The molecule has 2 aliphatic rings. The van der Waals surface area contributed by atoms with E-state index in [1.807, 2.05) is 25.8 Å². The Kier molecular flexibility index (Phi) is 7.65. The van der Waals surface area contributed by atoms with Crippen LogP contribution in [-0.4, -0.2) is 70.5 Å². The smallest absolute Gasteiger partial charge is 0.294 e. The minimum absolute atomic E-state index is 0.00640. The van der Waals surface area contributed by atoms with Gasteiger partial charge in [0.2, 0.25) is 0 Å². The van der Waals surface area contributed by atoms with E-state index in [-0.39, 0.29) is 23.5 Å². The van der Waals surface area contributed by atoms with Crippen LogP contribution in [0.4, 0.5) is 0 Å². The number of aliphatic imine (C=N–C) groups is 1. The summed E-state index contributed by atoms with van der Waals surface area (Å²) in [6, 6.07) is 11.4. The molecule has 0 spiro atoms. The molecule has 1 amide bonds. The molecule has 1 saturated heterocycles. The van der Waals surface area contributed by atoms with Gasteiger partial charge in [-0.25, -0.2) is 4.99 Å². The summed E-state index contributed by atoms with van der Waals surface area (Å²) >= 11 is 0. The van der Waals surface area contributed by atoms with Crippen LogP contribution in [0.15, 0.2) is 41.0 Å². The van der Waals surface area contributed by atoms with Gasteiger partial charge in [0.05, 0.1) is 6.04 Å². The Morgan fingerprint density at radius 2 is 1.88 bits per heavy atom. The van der Waals surface area contributed by atoms with Gasteiger partial charge >= 0.3 is 0 Å². The lowest BCUT2D eigenvalue weighted by Gasteiger charge is -2.43. The minimum Gasteiger partial charge on any atom is -0.452 e. The van der Waals surface area contributed by atoms with E-state index in [0.717, 1.165) is 38.2 Å². The Labute approximate surface area is 193 Å². The van der Waals surface area contributed by atoms with Gasteiger partial charge < -0.3 is 14.5 Å². The summed E-state index contributed by atoms with van der Waals surface area (Å²) in [5, 5.41) is 0. The number of rotatable bonds is 5. The quantitative estimate of drug-likeness (QED) is 0.694. The van der Waals surface area contributed by atoms with Gasteiger partial charge in [0.1, 0.15) is 0 Å². The molecule has 1 aromatic carbocycles. The average Bonchev–Trinajstić information content (AvgIpc) is 2.72. The monoisotopic (exact) mass is 439 g/mol. The lowest BCUT2D eigenvalue weighted by atomic mass is 10.0. The summed E-state index contributed by atoms with van der Waals surface area (Å²) in [7, 11) is 1.91. The molecule has 6 heteroatoms. The first-order valence-corrected chi connectivity index (χ1v) is 11.7. The summed E-state index contributed by atoms with van der Waals surface area (Å²) < 4.78 is 6.16. The van der Waals surface area contributed by atoms with Crippen LogP contribution >= 0.6 is 0 Å². The van der Waals surface area contributed by atoms with Crippen molar-refractivity contribution in [2.75, 3.05) is 20.1 Å². The lowest BCUT2D eigenvalue weighted by molar-refractivity contribution is -0.140. The molecule has 2 heterocycles. The molecule has 2 aliphatic heterocycles. The molecular weight excluding hydrogens is 400 g/mol. The lowest BCUT2D eigenvalue weighted by Crippen LogP contribution is -2.54. The second kappa shape index (κ2) is 10.1. The topological polar surface area (TPSA) is 48.4 Å². The third kappa shape index (κ3) is 5.91. The molecule has 0 aliphatic carbocycles. The third-order valence-corrected chi connectivity index (χ3v) is 6.33. The average molecular weight is 440 g/mol. The second-order valence-corrected chi connectivity index (χ2v) is 10.0. The molecule has 0 N–H and O–H groups in total. The van der Waals surface area contributed by atoms with E-state index in [0.29, 0.717) is 6.02 Å². The van der Waals surface area contributed by atoms with E-state index in [4.69, 9.17) is 4.74 Å². The summed E-state index contributed by atoms with van der Waals surface area (Å²) in [5.41, 5.74) is 1.95. The van der Waals surface area contributed by atoms with Crippen molar-refractivity contribution in [3.05, 3.63) is 47.7 Å². The number of amides is 1. The van der Waals surface area contributed by atoms with Crippen molar-refractivity contribution in [3.8, 4) is 0 Å². The number of allylic oxidation sites excluding steroid dienone is 1. The van der Waals surface area contributed by atoms with Gasteiger partial charge in [0.15, 0.2) is 6.10 Å². The van der Waals surface area contributed by atoms with Crippen LogP contribution < -0.4 is 0 Å². The summed E-state index contributed by atoms with van der Waals surface area (Å²) in [6.45, 7) is 15.1. The van der Waals surface area contributed by atoms with E-state index in [1.165, 1.54) is 5.56 Å². The fourth-order valence-corrected chi connectivity index (χ4v) is 4.69. The SMILES string of the molecule is CC1=[C]C(C)N(C(C)(C)C)C(OC(C)C(=O)N(C)C2CCN(Cc3ccccc3)CC2)=N1. The van der Waals surface area contributed by atoms with Crippen LogP contribution in [0.1, 0.15) is 59.9 Å². The van der Waals surface area contributed by atoms with Gasteiger partial charge in [-0.15, -0.1) is 0 Å². The second-order valence-electron chi connectivity index (χ2n) is 10.0. The number of hydrogen-bond acceptors (Lipinski definition) is 5. The number of likely N-dealkylation sites (N-methyl/N-ethyl adjacent to an activating group) is 1. The van der Waals surface area contributed by atoms with Crippen LogP contribution in [0.5, 0.6) is 0 Å². The maximum Gasteiger partial charge on any atom is 0.294 e. The van der Waals surface area contributed by atoms with Gasteiger partial charge in [-0.2, -0.15) is 0 Å². The molecule has 32 heavy (non-hydrogen) atoms. The van der Waals surface area contributed by atoms with Crippen molar-refractivity contribution < 1.29 is 9.53 Å². The van der Waals surface area contributed by atoms with Crippen molar-refractivity contribution in [1.29, 1.82) is 0 Å². The molecule has 0 saturated carbocycles. The number of piperidine rings is 1. The molecule has 1 aromatic rings. The number of nitrogens with zero attached hydrogens (tertiary/aromatic N) is 4. The van der Waals surface area contributed by atoms with Gasteiger partial charge in [-0.1, -0.05) is 30.3 Å². The zero-order chi connectivity index (χ0) is 23.5. The first-order valence-electron chi connectivity index (χ1n) is 11.7. The van der Waals surface area contributed by atoms with Crippen molar-refractivity contribution in [1.82, 2.24) is 14.7 Å². The predicted molar refractivity (Wildman–Crippen MR) is 129 cm³/mol. The van der Waals surface area contributed by atoms with E-state index in [2.05, 4.69) is 78.9 Å². The molecule has 3 rings (SSSR count). The molecule has 2 unspecified atom stereocenters. The highest BCUT2D eigenvalue weighted by Crippen LogP contribution is 2.25. The highest BCUT2D eigenvalue weighted by molar-refractivity contribution is 5.85. The molecule has 0 aromatic heterocycles. The van der Waals surface area contributed by atoms with Crippen molar-refractivity contribution in [3.63, 3.8) is 0 Å². The standard InChI is InChI=1S/C26H39N4O2/c1-19-17-20(2)30(26(4,5)6)25(27-19)32-21(3)24(31)28(7)23-13-15-29(16-14-23)18-22-11-9-8-10-12-22/h8-12,20-21,23H,13-16,18H2,1-7H3. The summed E-state index contributed by atoms with van der Waals surface area (Å²) in [5.74, 6) is 0.00640. The molecular formula is C26H39N4O2. The summed E-state index contributed by atoms with van der Waals surface area (Å²) in [4.78, 5) is 24.2. The Morgan fingerprint density at radius 1 is 1.25 bits per heavy atom. The number of hydrogen-bond donors (Lipinski definition) is 0. The van der Waals surface area contributed by atoms with Crippen LogP contribution in [0.2, 0.25) is 0 Å². The number of likely N-dealkylation sites (tertiary alicyclic amines) is 1. The largest absolute Gasteiger partial charge is 0.452 e. The van der Waals surface area contributed by atoms with Crippen molar-refractivity contribution in [2.45, 2.75) is 84.7 Å². The Bertz CT molecular complexity index is 835. The van der Waals surface area contributed by atoms with Gasteiger partial charge in [0.25, 0.3) is 11.9 Å². The minimum atomic E-state index is -0.593. The molecule has 0 bridgehead atoms. The van der Waals surface area contributed by atoms with Crippen LogP contribution in [0, 0.1) is 6.08 Å². The van der Waals surface area contributed by atoms with Gasteiger partial charge in [-0.3, -0.25) is 9.69 Å². The van der Waals surface area contributed by atoms with Crippen LogP contribution in [0.3, 0.4) is 0 Å². The van der Waals surface area contributed by atoms with E-state index >= 15 is 0 Å². The fourth-order valence-electron chi connectivity index (χ4n) is 4.69. The Balaban J connectivity index is 1.57. The first-order chi connectivity index (χ1) is 15.1. The molecule has 1 radical (unpaired) electrons. The fraction of sp³-hybridized carbons (Fsp3) is 0.615. The van der Waals surface area contributed by atoms with Crippen LogP contribution in [-0.2, 0) is 16.1 Å². The summed E-state index contributed by atoms with van der Waals surface area (Å²) in [6.07, 6.45) is 4.70. The van der Waals surface area contributed by atoms with Crippen molar-refractivity contribution in [2.24, 2.45) is 4.99 Å². The molecule has 175 valence electrons. The normalized spacial score (nSPS) is 21.6. The maximum absolute atomic E-state index is 13.2. The number of ether oxygens (including phenoxy) is 1. The third-order valence-electron chi connectivity index (χ3n) is 6.33. The zero-order valence-corrected chi connectivity index (χ0v) is 20.8. The zero-order valence-electron chi connectivity index (χ0n) is 20.8. The molecule has 2 atom stereocenters. The predicted octanol–water partition coefficient (Wildman–Crippen LogP) is 4.08. The van der Waals surface area contributed by atoms with E-state index < -0.39 is 6.10 Å². The molecule has 1 fully saturated rings. The van der Waals surface area contributed by atoms with E-state index in [1.54, 1.807) is 0 Å². The highest BCUT2D eigenvalue weighted by Gasteiger charge is 2.35. The maximum atomic E-state index is 13.2. The Morgan fingerprint density at radius 3 is 2.47 bits per heavy atom. The van der Waals surface area contributed by atoms with Gasteiger partial charge in [0, 0.05) is 50.0 Å². The first kappa shape index (κ1) is 24.3. The van der Waals surface area contributed by atoms with Crippen LogP contribution in [0.25, 0.3) is 0 Å². The number of carbonyl (C=O) groups excluding carboxylic acids is 1. The number of carbonyl (C=O) groups is 1. The van der Waals surface area contributed by atoms with Crippen molar-refractivity contribution >= 4 is 11.9 Å². The highest BCUT2D eigenvalue weighted by atomic mass is 16.5. The Hall–Kier alpha value is -2.34. The number of amidine groups is 1. The molecule has 6 nitrogen and oxygen atoms in total.